The lowest BCUT2D eigenvalue weighted by Gasteiger charge is -2.20. The zero-order valence-corrected chi connectivity index (χ0v) is 19.7. The van der Waals surface area contributed by atoms with E-state index >= 15 is 0 Å². The number of nitrogens with zero attached hydrogens (tertiary/aromatic N) is 3. The fourth-order valence-electron chi connectivity index (χ4n) is 2.26. The van der Waals surface area contributed by atoms with Crippen molar-refractivity contribution in [1.29, 1.82) is 0 Å². The third-order valence-corrected chi connectivity index (χ3v) is 4.17. The van der Waals surface area contributed by atoms with Gasteiger partial charge in [-0.15, -0.1) is 24.0 Å². The van der Waals surface area contributed by atoms with E-state index in [1.165, 1.54) is 0 Å². The summed E-state index contributed by atoms with van der Waals surface area (Å²) in [5.41, 5.74) is -0.346. The maximum absolute atomic E-state index is 10.6. The predicted octanol–water partition coefficient (Wildman–Crippen LogP) is 2.64. The molecule has 0 saturated heterocycles. The summed E-state index contributed by atoms with van der Waals surface area (Å²) < 4.78 is 8.34. The van der Waals surface area contributed by atoms with E-state index < -0.39 is 5.60 Å². The van der Waals surface area contributed by atoms with Crippen molar-refractivity contribution in [3.8, 4) is 5.75 Å². The highest BCUT2D eigenvalue weighted by molar-refractivity contribution is 14.0. The van der Waals surface area contributed by atoms with E-state index in [2.05, 4.69) is 36.7 Å². The molecule has 0 amide bonds. The van der Waals surface area contributed by atoms with Crippen LogP contribution in [0.2, 0.25) is 0 Å². The summed E-state index contributed by atoms with van der Waals surface area (Å²) in [5, 5.41) is 21.1. The lowest BCUT2D eigenvalue weighted by atomic mass is 10.0. The van der Waals surface area contributed by atoms with Crippen molar-refractivity contribution < 1.29 is 9.84 Å². The van der Waals surface area contributed by atoms with Crippen LogP contribution in [0, 0.1) is 0 Å². The fraction of sp³-hybridized carbons (Fsp3) is 0.444. The maximum atomic E-state index is 10.6. The Labute approximate surface area is 185 Å². The number of guanidine groups is 1. The van der Waals surface area contributed by atoms with E-state index in [0.717, 1.165) is 22.3 Å². The van der Waals surface area contributed by atoms with E-state index in [4.69, 9.17) is 4.74 Å². The lowest BCUT2D eigenvalue weighted by molar-refractivity contribution is 0.0672. The van der Waals surface area contributed by atoms with E-state index in [-0.39, 0.29) is 30.5 Å². The molecule has 0 aliphatic rings. The molecule has 9 heteroatoms. The minimum absolute atomic E-state index is 0. The smallest absolute Gasteiger partial charge is 0.191 e. The van der Waals surface area contributed by atoms with E-state index in [0.29, 0.717) is 19.1 Å². The van der Waals surface area contributed by atoms with Crippen molar-refractivity contribution in [2.75, 3.05) is 26.2 Å². The van der Waals surface area contributed by atoms with Gasteiger partial charge in [-0.2, -0.15) is 5.10 Å². The Morgan fingerprint density at radius 2 is 2.19 bits per heavy atom. The lowest BCUT2D eigenvalue weighted by Crippen LogP contribution is -2.40. The zero-order valence-electron chi connectivity index (χ0n) is 15.8. The number of halogens is 2. The second-order valence-electron chi connectivity index (χ2n) is 6.10. The second-order valence-corrected chi connectivity index (χ2v) is 7.02. The number of aliphatic hydroxyl groups is 1. The fourth-order valence-corrected chi connectivity index (χ4v) is 2.64. The summed E-state index contributed by atoms with van der Waals surface area (Å²) in [7, 11) is 1.82. The summed E-state index contributed by atoms with van der Waals surface area (Å²) >= 11 is 3.42. The molecule has 0 radical (unpaired) electrons. The Morgan fingerprint density at radius 1 is 1.41 bits per heavy atom. The van der Waals surface area contributed by atoms with E-state index in [9.17, 15) is 5.11 Å². The molecule has 1 heterocycles. The topological polar surface area (TPSA) is 83.7 Å². The molecular formula is C18H27BrIN5O2. The molecule has 1 atom stereocenters. The number of ether oxygens (including phenoxy) is 1. The summed E-state index contributed by atoms with van der Waals surface area (Å²) in [6.45, 7) is 5.77. The molecular weight excluding hydrogens is 525 g/mol. The average Bonchev–Trinajstić information content (AvgIpc) is 3.04. The monoisotopic (exact) mass is 551 g/mol. The summed E-state index contributed by atoms with van der Waals surface area (Å²) in [4.78, 5) is 4.47. The highest BCUT2D eigenvalue weighted by atomic mass is 127. The minimum Gasteiger partial charge on any atom is -0.492 e. The van der Waals surface area contributed by atoms with Crippen LogP contribution in [0.1, 0.15) is 19.4 Å². The van der Waals surface area contributed by atoms with Gasteiger partial charge in [-0.3, -0.25) is 4.68 Å². The molecule has 0 fully saturated rings. The first-order valence-electron chi connectivity index (χ1n) is 8.53. The zero-order chi connectivity index (χ0) is 19.0. The third kappa shape index (κ3) is 8.06. The molecule has 2 aromatic rings. The SMILES string of the molecule is CCNC(=NCC(C)(O)c1cnn(C)c1)NCCOc1cccc(Br)c1.I. The van der Waals surface area contributed by atoms with Gasteiger partial charge in [-0.25, -0.2) is 4.99 Å². The van der Waals surface area contributed by atoms with Crippen LogP contribution in [-0.2, 0) is 12.6 Å². The first kappa shape index (κ1) is 23.7. The predicted molar refractivity (Wildman–Crippen MR) is 122 cm³/mol. The molecule has 0 aliphatic heterocycles. The number of hydrogen-bond acceptors (Lipinski definition) is 4. The van der Waals surface area contributed by atoms with Crippen molar-refractivity contribution in [3.05, 3.63) is 46.7 Å². The molecule has 1 unspecified atom stereocenters. The summed E-state index contributed by atoms with van der Waals surface area (Å²) in [6.07, 6.45) is 3.45. The van der Waals surface area contributed by atoms with Gasteiger partial charge in [0.1, 0.15) is 18.0 Å². The van der Waals surface area contributed by atoms with Gasteiger partial charge in [0.05, 0.1) is 19.3 Å². The van der Waals surface area contributed by atoms with Crippen LogP contribution in [0.3, 0.4) is 0 Å². The van der Waals surface area contributed by atoms with Crippen LogP contribution in [0.4, 0.5) is 0 Å². The molecule has 7 nitrogen and oxygen atoms in total. The summed E-state index contributed by atoms with van der Waals surface area (Å²) in [6, 6.07) is 7.72. The third-order valence-electron chi connectivity index (χ3n) is 3.68. The van der Waals surface area contributed by atoms with Crippen molar-refractivity contribution in [3.63, 3.8) is 0 Å². The number of nitrogens with one attached hydrogen (secondary N) is 2. The molecule has 0 bridgehead atoms. The van der Waals surface area contributed by atoms with Crippen LogP contribution in [-0.4, -0.2) is 47.1 Å². The molecule has 2 rings (SSSR count). The van der Waals surface area contributed by atoms with Gasteiger partial charge in [0.15, 0.2) is 5.96 Å². The molecule has 27 heavy (non-hydrogen) atoms. The van der Waals surface area contributed by atoms with Gasteiger partial charge in [-0.1, -0.05) is 22.0 Å². The van der Waals surface area contributed by atoms with Crippen molar-refractivity contribution in [2.24, 2.45) is 12.0 Å². The quantitative estimate of drug-likeness (QED) is 0.203. The first-order valence-corrected chi connectivity index (χ1v) is 9.32. The minimum atomic E-state index is -1.08. The standard InChI is InChI=1S/C18H26BrN5O2.HI/c1-4-20-17(21-8-9-26-16-7-5-6-15(19)10-16)22-13-18(2,25)14-11-23-24(3)12-14;/h5-7,10-12,25H,4,8-9,13H2,1-3H3,(H2,20,21,22);1H. The Bertz CT molecular complexity index is 736. The van der Waals surface area contributed by atoms with Crippen LogP contribution in [0.5, 0.6) is 5.75 Å². The van der Waals surface area contributed by atoms with Crippen LogP contribution >= 0.6 is 39.9 Å². The highest BCUT2D eigenvalue weighted by Crippen LogP contribution is 2.20. The second kappa shape index (κ2) is 11.5. The van der Waals surface area contributed by atoms with Gasteiger partial charge in [-0.05, 0) is 32.0 Å². The number of hydrogen-bond donors (Lipinski definition) is 3. The number of aryl methyl sites for hydroxylation is 1. The van der Waals surface area contributed by atoms with Gasteiger partial charge >= 0.3 is 0 Å². The number of aliphatic imine (C=N–C) groups is 1. The molecule has 1 aromatic carbocycles. The molecule has 150 valence electrons. The largest absolute Gasteiger partial charge is 0.492 e. The number of benzene rings is 1. The normalized spacial score (nSPS) is 13.4. The molecule has 3 N–H and O–H groups in total. The van der Waals surface area contributed by atoms with E-state index in [1.54, 1.807) is 24.0 Å². The van der Waals surface area contributed by atoms with Gasteiger partial charge < -0.3 is 20.5 Å². The Balaban J connectivity index is 0.00000364. The van der Waals surface area contributed by atoms with E-state index in [1.807, 2.05) is 38.2 Å². The van der Waals surface area contributed by atoms with Crippen LogP contribution in [0.25, 0.3) is 0 Å². The Kier molecular flexibility index (Phi) is 10.1. The number of aromatic nitrogens is 2. The first-order chi connectivity index (χ1) is 12.4. The van der Waals surface area contributed by atoms with Crippen molar-refractivity contribution >= 4 is 45.9 Å². The highest BCUT2D eigenvalue weighted by Gasteiger charge is 2.24. The Morgan fingerprint density at radius 3 is 2.81 bits per heavy atom. The maximum Gasteiger partial charge on any atom is 0.191 e. The Hall–Kier alpha value is -1.33. The van der Waals surface area contributed by atoms with Crippen molar-refractivity contribution in [2.45, 2.75) is 19.4 Å². The van der Waals surface area contributed by atoms with Crippen LogP contribution < -0.4 is 15.4 Å². The molecule has 1 aromatic heterocycles. The number of rotatable bonds is 8. The summed E-state index contributed by atoms with van der Waals surface area (Å²) in [5.74, 6) is 1.44. The van der Waals surface area contributed by atoms with Crippen molar-refractivity contribution in [1.82, 2.24) is 20.4 Å². The van der Waals surface area contributed by atoms with Gasteiger partial charge in [0.2, 0.25) is 0 Å². The van der Waals surface area contributed by atoms with Gasteiger partial charge in [0, 0.05) is 29.8 Å². The molecule has 0 aliphatic carbocycles. The molecule has 0 saturated carbocycles. The van der Waals surface area contributed by atoms with Crippen LogP contribution in [0.15, 0.2) is 46.1 Å². The van der Waals surface area contributed by atoms with Gasteiger partial charge in [0.25, 0.3) is 0 Å². The molecule has 0 spiro atoms. The average molecular weight is 552 g/mol.